The van der Waals surface area contributed by atoms with E-state index in [1.54, 1.807) is 6.92 Å². The maximum Gasteiger partial charge on any atom is 0.329 e. The number of anilines is 1. The van der Waals surface area contributed by atoms with Crippen LogP contribution in [-0.4, -0.2) is 41.4 Å². The van der Waals surface area contributed by atoms with Crippen LogP contribution in [0.5, 0.6) is 0 Å². The first kappa shape index (κ1) is 18.3. The Labute approximate surface area is 145 Å². The number of amides is 2. The third-order valence-electron chi connectivity index (χ3n) is 3.68. The minimum atomic E-state index is -0.638. The first-order chi connectivity index (χ1) is 11.4. The number of nitrogens with one attached hydrogen (secondary N) is 2. The molecule has 0 spiro atoms. The highest BCUT2D eigenvalue weighted by atomic mass is 32.2. The van der Waals surface area contributed by atoms with Crippen molar-refractivity contribution in [1.29, 1.82) is 0 Å². The molecule has 7 heteroatoms. The number of thioether (sulfide) groups is 1. The van der Waals surface area contributed by atoms with E-state index in [1.165, 1.54) is 11.8 Å². The van der Waals surface area contributed by atoms with Crippen molar-refractivity contribution in [3.8, 4) is 0 Å². The van der Waals surface area contributed by atoms with E-state index in [1.807, 2.05) is 32.0 Å². The van der Waals surface area contributed by atoms with Crippen LogP contribution in [-0.2, 0) is 19.1 Å². The van der Waals surface area contributed by atoms with Gasteiger partial charge in [0.1, 0.15) is 6.04 Å². The highest BCUT2D eigenvalue weighted by Gasteiger charge is 2.34. The Bertz CT molecular complexity index is 647. The quantitative estimate of drug-likeness (QED) is 0.791. The van der Waals surface area contributed by atoms with Gasteiger partial charge in [-0.15, -0.1) is 11.8 Å². The number of carbonyl (C=O) groups is 3. The lowest BCUT2D eigenvalue weighted by Gasteiger charge is -2.27. The molecule has 1 heterocycles. The van der Waals surface area contributed by atoms with E-state index in [0.29, 0.717) is 5.75 Å². The molecular weight excluding hydrogens is 328 g/mol. The summed E-state index contributed by atoms with van der Waals surface area (Å²) >= 11 is 1.31. The van der Waals surface area contributed by atoms with Crippen molar-refractivity contribution in [2.24, 2.45) is 0 Å². The van der Waals surface area contributed by atoms with E-state index >= 15 is 0 Å². The van der Waals surface area contributed by atoms with E-state index in [2.05, 4.69) is 10.6 Å². The number of benzene rings is 1. The number of aryl methyl sites for hydroxylation is 2. The van der Waals surface area contributed by atoms with Gasteiger partial charge in [0.15, 0.2) is 0 Å². The van der Waals surface area contributed by atoms with Crippen LogP contribution in [0.15, 0.2) is 18.2 Å². The summed E-state index contributed by atoms with van der Waals surface area (Å²) in [6, 6.07) is 5.18. The van der Waals surface area contributed by atoms with Crippen LogP contribution in [0.1, 0.15) is 24.5 Å². The van der Waals surface area contributed by atoms with Gasteiger partial charge in [0.05, 0.1) is 11.9 Å². The molecule has 2 amide bonds. The van der Waals surface area contributed by atoms with Gasteiger partial charge < -0.3 is 15.4 Å². The maximum absolute atomic E-state index is 12.2. The predicted octanol–water partition coefficient (Wildman–Crippen LogP) is 1.80. The van der Waals surface area contributed by atoms with Crippen molar-refractivity contribution < 1.29 is 19.1 Å². The molecule has 2 atom stereocenters. The topological polar surface area (TPSA) is 84.5 Å². The number of hydrogen-bond acceptors (Lipinski definition) is 5. The monoisotopic (exact) mass is 350 g/mol. The number of rotatable bonds is 5. The second-order valence-corrected chi connectivity index (χ2v) is 6.94. The molecule has 2 rings (SSSR count). The zero-order valence-corrected chi connectivity index (χ0v) is 14.9. The first-order valence-corrected chi connectivity index (χ1v) is 8.91. The number of esters is 1. The molecule has 0 aliphatic carbocycles. The molecule has 130 valence electrons. The van der Waals surface area contributed by atoms with Crippen LogP contribution < -0.4 is 10.6 Å². The van der Waals surface area contributed by atoms with Crippen LogP contribution in [0.4, 0.5) is 5.69 Å². The fourth-order valence-electron chi connectivity index (χ4n) is 2.36. The second kappa shape index (κ2) is 8.19. The molecule has 1 fully saturated rings. The van der Waals surface area contributed by atoms with Gasteiger partial charge in [-0.25, -0.2) is 4.79 Å². The van der Waals surface area contributed by atoms with Gasteiger partial charge in [-0.3, -0.25) is 9.59 Å². The van der Waals surface area contributed by atoms with Gasteiger partial charge in [0, 0.05) is 17.9 Å². The molecular formula is C17H22N2O4S. The second-order valence-electron chi connectivity index (χ2n) is 5.71. The molecule has 0 saturated carbocycles. The molecule has 2 N–H and O–H groups in total. The minimum Gasteiger partial charge on any atom is -0.464 e. The van der Waals surface area contributed by atoms with Crippen molar-refractivity contribution in [2.75, 3.05) is 17.7 Å². The molecule has 24 heavy (non-hydrogen) atoms. The van der Waals surface area contributed by atoms with E-state index in [-0.39, 0.29) is 24.8 Å². The molecule has 1 aromatic carbocycles. The third-order valence-corrected chi connectivity index (χ3v) is 4.99. The van der Waals surface area contributed by atoms with Gasteiger partial charge in [-0.1, -0.05) is 12.1 Å². The molecule has 0 bridgehead atoms. The lowest BCUT2D eigenvalue weighted by atomic mass is 10.1. The van der Waals surface area contributed by atoms with Crippen LogP contribution in [0.25, 0.3) is 0 Å². The summed E-state index contributed by atoms with van der Waals surface area (Å²) in [5, 5.41) is 4.98. The van der Waals surface area contributed by atoms with Gasteiger partial charge in [0.25, 0.3) is 0 Å². The highest BCUT2D eigenvalue weighted by molar-refractivity contribution is 8.00. The summed E-state index contributed by atoms with van der Waals surface area (Å²) < 4.78 is 4.90. The van der Waals surface area contributed by atoms with Gasteiger partial charge in [-0.05, 0) is 38.0 Å². The minimum absolute atomic E-state index is 0.0689. The smallest absolute Gasteiger partial charge is 0.329 e. The SMILES string of the molecule is CCOC(=O)[C@@H]1CS[C@@H](CC(=O)Nc2cc(C)ccc2C)C(=O)N1. The Morgan fingerprint density at radius 2 is 2.12 bits per heavy atom. The van der Waals surface area contributed by atoms with Gasteiger partial charge in [0.2, 0.25) is 11.8 Å². The normalized spacial score (nSPS) is 20.2. The van der Waals surface area contributed by atoms with E-state index in [9.17, 15) is 14.4 Å². The average Bonchev–Trinajstić information content (AvgIpc) is 2.53. The third kappa shape index (κ3) is 4.74. The summed E-state index contributed by atoms with van der Waals surface area (Å²) in [4.78, 5) is 36.0. The van der Waals surface area contributed by atoms with Crippen molar-refractivity contribution in [3.63, 3.8) is 0 Å². The highest BCUT2D eigenvalue weighted by Crippen LogP contribution is 2.23. The van der Waals surface area contributed by atoms with E-state index in [4.69, 9.17) is 4.74 Å². The van der Waals surface area contributed by atoms with E-state index < -0.39 is 17.3 Å². The Morgan fingerprint density at radius 3 is 2.79 bits per heavy atom. The fraction of sp³-hybridized carbons (Fsp3) is 0.471. The molecule has 6 nitrogen and oxygen atoms in total. The molecule has 0 aromatic heterocycles. The first-order valence-electron chi connectivity index (χ1n) is 7.86. The zero-order chi connectivity index (χ0) is 17.7. The summed E-state index contributed by atoms with van der Waals surface area (Å²) in [7, 11) is 0. The van der Waals surface area contributed by atoms with Crippen molar-refractivity contribution >= 4 is 35.2 Å². The summed E-state index contributed by atoms with van der Waals surface area (Å²) in [5.41, 5.74) is 2.78. The lowest BCUT2D eigenvalue weighted by Crippen LogP contribution is -2.51. The standard InChI is InChI=1S/C17H22N2O4S/c1-4-23-17(22)13-9-24-14(16(21)19-13)8-15(20)18-12-7-10(2)5-6-11(12)3/h5-7,13-14H,4,8-9H2,1-3H3,(H,18,20)(H,19,21)/t13-,14-/m0/s1. The van der Waals surface area contributed by atoms with Crippen LogP contribution in [0.3, 0.4) is 0 Å². The Morgan fingerprint density at radius 1 is 1.38 bits per heavy atom. The molecule has 0 radical (unpaired) electrons. The molecule has 1 aliphatic rings. The van der Waals surface area contributed by atoms with Gasteiger partial charge >= 0.3 is 5.97 Å². The molecule has 1 aliphatic heterocycles. The molecule has 1 saturated heterocycles. The largest absolute Gasteiger partial charge is 0.464 e. The predicted molar refractivity (Wildman–Crippen MR) is 94.0 cm³/mol. The maximum atomic E-state index is 12.2. The van der Waals surface area contributed by atoms with E-state index in [0.717, 1.165) is 16.8 Å². The van der Waals surface area contributed by atoms with Crippen LogP contribution in [0.2, 0.25) is 0 Å². The Hall–Kier alpha value is -2.02. The number of hydrogen-bond donors (Lipinski definition) is 2. The van der Waals surface area contributed by atoms with Crippen molar-refractivity contribution in [3.05, 3.63) is 29.3 Å². The van der Waals surface area contributed by atoms with Crippen LogP contribution in [0, 0.1) is 13.8 Å². The molecule has 0 unspecified atom stereocenters. The molecule has 1 aromatic rings. The average molecular weight is 350 g/mol. The summed E-state index contributed by atoms with van der Waals surface area (Å²) in [6.07, 6.45) is 0.0689. The van der Waals surface area contributed by atoms with Crippen LogP contribution >= 0.6 is 11.8 Å². The number of carbonyl (C=O) groups excluding carboxylic acids is 3. The van der Waals surface area contributed by atoms with Gasteiger partial charge in [-0.2, -0.15) is 0 Å². The summed E-state index contributed by atoms with van der Waals surface area (Å²) in [6.45, 7) is 5.86. The van der Waals surface area contributed by atoms with Crippen molar-refractivity contribution in [2.45, 2.75) is 38.5 Å². The fourth-order valence-corrected chi connectivity index (χ4v) is 3.49. The Balaban J connectivity index is 1.90. The lowest BCUT2D eigenvalue weighted by molar-refractivity contribution is -0.146. The van der Waals surface area contributed by atoms with Crippen molar-refractivity contribution in [1.82, 2.24) is 5.32 Å². The number of ether oxygens (including phenoxy) is 1. The zero-order valence-electron chi connectivity index (χ0n) is 14.0. The summed E-state index contributed by atoms with van der Waals surface area (Å²) in [5.74, 6) is -0.547. The Kier molecular flexibility index (Phi) is 6.25.